The van der Waals surface area contributed by atoms with Gasteiger partial charge in [-0.3, -0.25) is 4.98 Å². The van der Waals surface area contributed by atoms with Gasteiger partial charge in [0.15, 0.2) is 0 Å². The summed E-state index contributed by atoms with van der Waals surface area (Å²) < 4.78 is 0. The summed E-state index contributed by atoms with van der Waals surface area (Å²) in [4.78, 5) is 8.70. The highest BCUT2D eigenvalue weighted by Crippen LogP contribution is 2.38. The van der Waals surface area contributed by atoms with Crippen LogP contribution in [-0.4, -0.2) is 20.2 Å². The maximum atomic E-state index is 10.9. The molecule has 0 bridgehead atoms. The van der Waals surface area contributed by atoms with Gasteiger partial charge >= 0.3 is 0 Å². The first-order chi connectivity index (χ1) is 13.1. The summed E-state index contributed by atoms with van der Waals surface area (Å²) in [6.45, 7) is 1.97. The van der Waals surface area contributed by atoms with Gasteiger partial charge in [0.1, 0.15) is 22.8 Å². The van der Waals surface area contributed by atoms with E-state index in [4.69, 9.17) is 0 Å². The Morgan fingerprint density at radius 3 is 2.48 bits per heavy atom. The van der Waals surface area contributed by atoms with E-state index in [1.165, 1.54) is 0 Å². The Bertz CT molecular complexity index is 1090. The van der Waals surface area contributed by atoms with Crippen LogP contribution in [0.4, 0.5) is 5.82 Å². The molecular weight excluding hydrogens is 338 g/mol. The molecule has 2 aromatic heterocycles. The third-order valence-electron chi connectivity index (χ3n) is 4.54. The molecule has 0 spiro atoms. The Labute approximate surface area is 157 Å². The zero-order valence-electron chi connectivity index (χ0n) is 14.8. The molecule has 0 radical (unpaired) electrons. The van der Waals surface area contributed by atoms with E-state index >= 15 is 0 Å². The van der Waals surface area contributed by atoms with Crippen LogP contribution in [0.5, 0.6) is 11.5 Å². The number of rotatable bonds is 4. The zero-order valence-corrected chi connectivity index (χ0v) is 14.8. The third kappa shape index (κ3) is 3.27. The molecule has 0 amide bonds. The van der Waals surface area contributed by atoms with Gasteiger partial charge in [-0.05, 0) is 30.7 Å². The SMILES string of the molecule is Cc1ccc(NC(c2ccccc2O)c2ccc3cccnc3c2O)nc1. The van der Waals surface area contributed by atoms with Crippen LogP contribution in [0.15, 0.2) is 73.1 Å². The predicted molar refractivity (Wildman–Crippen MR) is 106 cm³/mol. The lowest BCUT2D eigenvalue weighted by Gasteiger charge is -2.22. The maximum Gasteiger partial charge on any atom is 0.147 e. The summed E-state index contributed by atoms with van der Waals surface area (Å²) >= 11 is 0. The van der Waals surface area contributed by atoms with Crippen LogP contribution in [0.25, 0.3) is 10.9 Å². The molecule has 4 aromatic rings. The van der Waals surface area contributed by atoms with E-state index in [9.17, 15) is 10.2 Å². The smallest absolute Gasteiger partial charge is 0.147 e. The molecule has 0 saturated carbocycles. The van der Waals surface area contributed by atoms with Gasteiger partial charge in [0, 0.05) is 28.9 Å². The van der Waals surface area contributed by atoms with E-state index in [-0.39, 0.29) is 11.5 Å². The average molecular weight is 357 g/mol. The number of hydrogen-bond donors (Lipinski definition) is 3. The largest absolute Gasteiger partial charge is 0.508 e. The Kier molecular flexibility index (Phi) is 4.34. The lowest BCUT2D eigenvalue weighted by molar-refractivity contribution is 0.460. The van der Waals surface area contributed by atoms with Gasteiger partial charge in [-0.2, -0.15) is 0 Å². The summed E-state index contributed by atoms with van der Waals surface area (Å²) in [7, 11) is 0. The Balaban J connectivity index is 1.86. The summed E-state index contributed by atoms with van der Waals surface area (Å²) in [5.41, 5.74) is 2.84. The average Bonchev–Trinajstić information content (AvgIpc) is 2.69. The molecule has 134 valence electrons. The van der Waals surface area contributed by atoms with Gasteiger partial charge in [0.05, 0.1) is 6.04 Å². The van der Waals surface area contributed by atoms with Gasteiger partial charge in [-0.1, -0.05) is 42.5 Å². The van der Waals surface area contributed by atoms with Crippen LogP contribution in [0.2, 0.25) is 0 Å². The lowest BCUT2D eigenvalue weighted by atomic mass is 9.95. The fourth-order valence-electron chi connectivity index (χ4n) is 3.13. The molecule has 2 heterocycles. The Morgan fingerprint density at radius 1 is 0.852 bits per heavy atom. The lowest BCUT2D eigenvalue weighted by Crippen LogP contribution is -2.14. The first-order valence-electron chi connectivity index (χ1n) is 8.67. The third-order valence-corrected chi connectivity index (χ3v) is 4.54. The second kappa shape index (κ2) is 6.96. The summed E-state index contributed by atoms with van der Waals surface area (Å²) in [6, 6.07) is 17.9. The van der Waals surface area contributed by atoms with Crippen molar-refractivity contribution in [2.75, 3.05) is 5.32 Å². The molecule has 0 aliphatic carbocycles. The number of aromatic hydroxyl groups is 2. The van der Waals surface area contributed by atoms with Crippen molar-refractivity contribution < 1.29 is 10.2 Å². The highest BCUT2D eigenvalue weighted by atomic mass is 16.3. The zero-order chi connectivity index (χ0) is 18.8. The molecule has 2 aromatic carbocycles. The van der Waals surface area contributed by atoms with E-state index in [1.54, 1.807) is 24.5 Å². The van der Waals surface area contributed by atoms with Gasteiger partial charge in [0.2, 0.25) is 0 Å². The van der Waals surface area contributed by atoms with Crippen LogP contribution < -0.4 is 5.32 Å². The molecule has 0 fully saturated rings. The highest BCUT2D eigenvalue weighted by molar-refractivity contribution is 5.86. The molecule has 5 heteroatoms. The maximum absolute atomic E-state index is 10.9. The van der Waals surface area contributed by atoms with Crippen LogP contribution in [-0.2, 0) is 0 Å². The minimum absolute atomic E-state index is 0.0842. The summed E-state index contributed by atoms with van der Waals surface area (Å²) in [6.07, 6.45) is 3.42. The molecule has 5 nitrogen and oxygen atoms in total. The molecular formula is C22H19N3O2. The number of nitrogens with zero attached hydrogens (tertiary/aromatic N) is 2. The van der Waals surface area contributed by atoms with Gasteiger partial charge in [-0.25, -0.2) is 4.98 Å². The van der Waals surface area contributed by atoms with E-state index < -0.39 is 6.04 Å². The number of phenols is 2. The van der Waals surface area contributed by atoms with Crippen molar-refractivity contribution in [3.8, 4) is 11.5 Å². The molecule has 0 saturated heterocycles. The van der Waals surface area contributed by atoms with Crippen molar-refractivity contribution in [2.24, 2.45) is 0 Å². The predicted octanol–water partition coefficient (Wildman–Crippen LogP) is 4.55. The molecule has 0 aliphatic heterocycles. The molecule has 1 atom stereocenters. The number of aromatic nitrogens is 2. The first-order valence-corrected chi connectivity index (χ1v) is 8.67. The van der Waals surface area contributed by atoms with Crippen molar-refractivity contribution >= 4 is 16.7 Å². The van der Waals surface area contributed by atoms with E-state index in [0.29, 0.717) is 22.5 Å². The van der Waals surface area contributed by atoms with Crippen molar-refractivity contribution in [1.82, 2.24) is 9.97 Å². The Morgan fingerprint density at radius 2 is 1.70 bits per heavy atom. The van der Waals surface area contributed by atoms with E-state index in [1.807, 2.05) is 55.5 Å². The molecule has 27 heavy (non-hydrogen) atoms. The summed E-state index contributed by atoms with van der Waals surface area (Å²) in [5, 5.41) is 25.5. The minimum Gasteiger partial charge on any atom is -0.508 e. The standard InChI is InChI=1S/C22H19N3O2/c1-14-8-11-19(24-13-14)25-21(16-6-2-3-7-18(16)26)17-10-9-15-5-4-12-23-20(15)22(17)27/h2-13,21,26-27H,1H3,(H,24,25). The van der Waals surface area contributed by atoms with Crippen LogP contribution in [0.1, 0.15) is 22.7 Å². The second-order valence-electron chi connectivity index (χ2n) is 6.44. The highest BCUT2D eigenvalue weighted by Gasteiger charge is 2.22. The Hall–Kier alpha value is -3.60. The van der Waals surface area contributed by atoms with Gasteiger partial charge in [0.25, 0.3) is 0 Å². The van der Waals surface area contributed by atoms with Crippen LogP contribution >= 0.6 is 0 Å². The molecule has 4 rings (SSSR count). The number of para-hydroxylation sites is 1. The molecule has 0 aliphatic rings. The van der Waals surface area contributed by atoms with Crippen LogP contribution in [0, 0.1) is 6.92 Å². The fraction of sp³-hybridized carbons (Fsp3) is 0.0909. The van der Waals surface area contributed by atoms with Gasteiger partial charge < -0.3 is 15.5 Å². The first kappa shape index (κ1) is 16.8. The number of aryl methyl sites for hydroxylation is 1. The van der Waals surface area contributed by atoms with Gasteiger partial charge in [-0.15, -0.1) is 0 Å². The van der Waals surface area contributed by atoms with E-state index in [0.717, 1.165) is 10.9 Å². The van der Waals surface area contributed by atoms with E-state index in [2.05, 4.69) is 15.3 Å². The second-order valence-corrected chi connectivity index (χ2v) is 6.44. The number of nitrogens with one attached hydrogen (secondary N) is 1. The van der Waals surface area contributed by atoms with Crippen LogP contribution in [0.3, 0.4) is 0 Å². The normalized spacial score (nSPS) is 12.0. The molecule has 1 unspecified atom stereocenters. The fourth-order valence-corrected chi connectivity index (χ4v) is 3.13. The monoisotopic (exact) mass is 357 g/mol. The van der Waals surface area contributed by atoms with Crippen molar-refractivity contribution in [1.29, 1.82) is 0 Å². The molecule has 3 N–H and O–H groups in total. The number of anilines is 1. The van der Waals surface area contributed by atoms with Crippen molar-refractivity contribution in [3.63, 3.8) is 0 Å². The quantitative estimate of drug-likeness (QED) is 0.499. The number of fused-ring (bicyclic) bond motifs is 1. The minimum atomic E-state index is -0.493. The number of pyridine rings is 2. The number of phenolic OH excluding ortho intramolecular Hbond substituents is 2. The van der Waals surface area contributed by atoms with Crippen molar-refractivity contribution in [2.45, 2.75) is 13.0 Å². The summed E-state index contributed by atoms with van der Waals surface area (Å²) in [5.74, 6) is 0.873. The number of hydrogen-bond acceptors (Lipinski definition) is 5. The topological polar surface area (TPSA) is 78.3 Å². The van der Waals surface area contributed by atoms with Crippen molar-refractivity contribution in [3.05, 3.63) is 89.7 Å². The number of benzene rings is 2.